The highest BCUT2D eigenvalue weighted by Crippen LogP contribution is 2.38. The number of hydrogen-bond acceptors (Lipinski definition) is 2. The molecule has 1 saturated carbocycles. The summed E-state index contributed by atoms with van der Waals surface area (Å²) >= 11 is 0. The summed E-state index contributed by atoms with van der Waals surface area (Å²) in [5.41, 5.74) is 2.44. The van der Waals surface area contributed by atoms with E-state index in [0.29, 0.717) is 6.42 Å². The number of benzene rings is 1. The summed E-state index contributed by atoms with van der Waals surface area (Å²) in [6.07, 6.45) is 5.49. The number of nitrogens with zero attached hydrogens (tertiary/aromatic N) is 1. The number of aryl methyl sites for hydroxylation is 1. The molecule has 0 aromatic heterocycles. The largest absolute Gasteiger partial charge is 0.349 e. The maximum atomic E-state index is 12.3. The smallest absolute Gasteiger partial charge is 0.240 e. The van der Waals surface area contributed by atoms with E-state index in [1.54, 1.807) is 4.90 Å². The molecule has 0 atom stereocenters. The molecule has 4 nitrogen and oxygen atoms in total. The molecule has 2 aliphatic rings. The van der Waals surface area contributed by atoms with E-state index < -0.39 is 0 Å². The fraction of sp³-hybridized carbons (Fsp3) is 0.556. The van der Waals surface area contributed by atoms with Gasteiger partial charge < -0.3 is 10.2 Å². The molecule has 1 aromatic rings. The van der Waals surface area contributed by atoms with Crippen LogP contribution in [0.5, 0.6) is 0 Å². The number of rotatable bonds is 5. The highest BCUT2D eigenvalue weighted by Gasteiger charge is 2.44. The molecule has 1 aromatic carbocycles. The molecule has 0 radical (unpaired) electrons. The van der Waals surface area contributed by atoms with E-state index in [-0.39, 0.29) is 23.9 Å². The quantitative estimate of drug-likeness (QED) is 0.906. The summed E-state index contributed by atoms with van der Waals surface area (Å²) < 4.78 is 0. The normalized spacial score (nSPS) is 19.9. The van der Waals surface area contributed by atoms with Gasteiger partial charge in [0.15, 0.2) is 0 Å². The van der Waals surface area contributed by atoms with Gasteiger partial charge in [-0.2, -0.15) is 0 Å². The molecule has 1 heterocycles. The van der Waals surface area contributed by atoms with Crippen LogP contribution < -0.4 is 5.32 Å². The van der Waals surface area contributed by atoms with E-state index >= 15 is 0 Å². The number of hydrogen-bond donors (Lipinski definition) is 1. The highest BCUT2D eigenvalue weighted by molar-refractivity contribution is 5.85. The highest BCUT2D eigenvalue weighted by atomic mass is 16.2. The Morgan fingerprint density at radius 3 is 2.82 bits per heavy atom. The van der Waals surface area contributed by atoms with Crippen LogP contribution in [0.1, 0.15) is 43.2 Å². The van der Waals surface area contributed by atoms with Gasteiger partial charge >= 0.3 is 0 Å². The number of carbonyl (C=O) groups is 2. The van der Waals surface area contributed by atoms with Crippen LogP contribution >= 0.6 is 0 Å². The zero-order chi connectivity index (χ0) is 15.6. The lowest BCUT2D eigenvalue weighted by atomic mass is 10.0. The van der Waals surface area contributed by atoms with Gasteiger partial charge in [-0.05, 0) is 44.6 Å². The molecule has 0 spiro atoms. The van der Waals surface area contributed by atoms with Crippen molar-refractivity contribution in [3.8, 4) is 0 Å². The minimum Gasteiger partial charge on any atom is -0.349 e. The zero-order valence-electron chi connectivity index (χ0n) is 13.2. The number of carbonyl (C=O) groups excluding carboxylic acids is 2. The fourth-order valence-corrected chi connectivity index (χ4v) is 3.25. The monoisotopic (exact) mass is 300 g/mol. The number of amides is 2. The molecule has 1 aliphatic heterocycles. The lowest BCUT2D eigenvalue weighted by molar-refractivity contribution is -0.138. The van der Waals surface area contributed by atoms with Crippen LogP contribution in [0.4, 0.5) is 0 Å². The van der Waals surface area contributed by atoms with Crippen molar-refractivity contribution in [2.75, 3.05) is 13.1 Å². The van der Waals surface area contributed by atoms with Gasteiger partial charge in [-0.15, -0.1) is 0 Å². The number of likely N-dealkylation sites (tertiary alicyclic amines) is 1. The Balaban J connectivity index is 1.55. The van der Waals surface area contributed by atoms with E-state index in [0.717, 1.165) is 38.6 Å². The standard InChI is InChI=1S/C18H24N2O2/c1-14-5-4-6-15(11-14)12-18(8-9-18)19-16(21)13-20-10-3-2-7-17(20)22/h4-6,11H,2-3,7-10,12-13H2,1H3,(H,19,21). The molecule has 1 N–H and O–H groups in total. The molecule has 2 fully saturated rings. The van der Waals surface area contributed by atoms with E-state index in [1.165, 1.54) is 11.1 Å². The van der Waals surface area contributed by atoms with Gasteiger partial charge in [-0.1, -0.05) is 29.8 Å². The fourth-order valence-electron chi connectivity index (χ4n) is 3.25. The zero-order valence-corrected chi connectivity index (χ0v) is 13.2. The summed E-state index contributed by atoms with van der Waals surface area (Å²) in [4.78, 5) is 25.7. The second-order valence-corrected chi connectivity index (χ2v) is 6.77. The molecule has 118 valence electrons. The third kappa shape index (κ3) is 3.67. The first-order valence-corrected chi connectivity index (χ1v) is 8.21. The second kappa shape index (κ2) is 6.11. The van der Waals surface area contributed by atoms with Crippen molar-refractivity contribution < 1.29 is 9.59 Å². The van der Waals surface area contributed by atoms with Gasteiger partial charge in [0.05, 0.1) is 6.54 Å². The molecule has 4 heteroatoms. The molecule has 0 unspecified atom stereocenters. The molecular formula is C18H24N2O2. The van der Waals surface area contributed by atoms with Crippen molar-refractivity contribution in [3.63, 3.8) is 0 Å². The van der Waals surface area contributed by atoms with E-state index in [1.807, 2.05) is 0 Å². The van der Waals surface area contributed by atoms with Crippen LogP contribution in [0.25, 0.3) is 0 Å². The minimum atomic E-state index is -0.0797. The predicted octanol–water partition coefficient (Wildman–Crippen LogP) is 2.20. The summed E-state index contributed by atoms with van der Waals surface area (Å²) in [6.45, 7) is 3.02. The summed E-state index contributed by atoms with van der Waals surface area (Å²) in [6, 6.07) is 8.45. The second-order valence-electron chi connectivity index (χ2n) is 6.77. The number of nitrogens with one attached hydrogen (secondary N) is 1. The molecule has 2 amide bonds. The number of piperidine rings is 1. The van der Waals surface area contributed by atoms with Gasteiger partial charge in [0.1, 0.15) is 0 Å². The first-order valence-electron chi connectivity index (χ1n) is 8.21. The Labute approximate surface area is 131 Å². The average Bonchev–Trinajstić information content (AvgIpc) is 3.20. The first-order chi connectivity index (χ1) is 10.6. The minimum absolute atomic E-state index is 0.0135. The average molecular weight is 300 g/mol. The van der Waals surface area contributed by atoms with Gasteiger partial charge in [-0.25, -0.2) is 0 Å². The molecule has 22 heavy (non-hydrogen) atoms. The molecule has 3 rings (SSSR count). The summed E-state index contributed by atoms with van der Waals surface area (Å²) in [7, 11) is 0. The molecule has 1 aliphatic carbocycles. The Morgan fingerprint density at radius 2 is 2.14 bits per heavy atom. The summed E-state index contributed by atoms with van der Waals surface area (Å²) in [5, 5.41) is 3.17. The topological polar surface area (TPSA) is 49.4 Å². The van der Waals surface area contributed by atoms with Crippen molar-refractivity contribution in [2.45, 2.75) is 51.0 Å². The SMILES string of the molecule is Cc1cccc(CC2(NC(=O)CN3CCCCC3=O)CC2)c1. The van der Waals surface area contributed by atoms with Gasteiger partial charge in [0.2, 0.25) is 11.8 Å². The maximum absolute atomic E-state index is 12.3. The Morgan fingerprint density at radius 1 is 1.32 bits per heavy atom. The van der Waals surface area contributed by atoms with Gasteiger partial charge in [0, 0.05) is 18.5 Å². The Kier molecular flexibility index (Phi) is 4.19. The molecule has 1 saturated heterocycles. The maximum Gasteiger partial charge on any atom is 0.240 e. The Hall–Kier alpha value is -1.84. The van der Waals surface area contributed by atoms with Crippen LogP contribution in [0.15, 0.2) is 24.3 Å². The van der Waals surface area contributed by atoms with Crippen LogP contribution in [0.3, 0.4) is 0 Å². The molecule has 0 bridgehead atoms. The van der Waals surface area contributed by atoms with Crippen LogP contribution in [0, 0.1) is 6.92 Å². The Bertz CT molecular complexity index is 578. The third-order valence-corrected chi connectivity index (χ3v) is 4.64. The van der Waals surface area contributed by atoms with Crippen LogP contribution in [-0.2, 0) is 16.0 Å². The van der Waals surface area contributed by atoms with Gasteiger partial charge in [-0.3, -0.25) is 9.59 Å². The predicted molar refractivity (Wildman–Crippen MR) is 85.4 cm³/mol. The third-order valence-electron chi connectivity index (χ3n) is 4.64. The van der Waals surface area contributed by atoms with Crippen molar-refractivity contribution in [1.29, 1.82) is 0 Å². The molecular weight excluding hydrogens is 276 g/mol. The lowest BCUT2D eigenvalue weighted by Gasteiger charge is -2.27. The van der Waals surface area contributed by atoms with E-state index in [2.05, 4.69) is 36.5 Å². The van der Waals surface area contributed by atoms with Crippen LogP contribution in [0.2, 0.25) is 0 Å². The first kappa shape index (κ1) is 15.1. The van der Waals surface area contributed by atoms with E-state index in [4.69, 9.17) is 0 Å². The lowest BCUT2D eigenvalue weighted by Crippen LogP contribution is -2.47. The summed E-state index contributed by atoms with van der Waals surface area (Å²) in [5.74, 6) is 0.102. The van der Waals surface area contributed by atoms with Crippen LogP contribution in [-0.4, -0.2) is 35.3 Å². The van der Waals surface area contributed by atoms with Crippen molar-refractivity contribution >= 4 is 11.8 Å². The van der Waals surface area contributed by atoms with Crippen molar-refractivity contribution in [2.24, 2.45) is 0 Å². The van der Waals surface area contributed by atoms with E-state index in [9.17, 15) is 9.59 Å². The van der Waals surface area contributed by atoms with Crippen molar-refractivity contribution in [3.05, 3.63) is 35.4 Å². The van der Waals surface area contributed by atoms with Gasteiger partial charge in [0.25, 0.3) is 0 Å². The van der Waals surface area contributed by atoms with Crippen molar-refractivity contribution in [1.82, 2.24) is 10.2 Å².